The predicted octanol–water partition coefficient (Wildman–Crippen LogP) is 5.66. The van der Waals surface area contributed by atoms with E-state index in [-0.39, 0.29) is 11.8 Å². The van der Waals surface area contributed by atoms with Crippen LogP contribution in [0.3, 0.4) is 0 Å². The maximum Gasteiger partial charge on any atom is 0.256 e. The van der Waals surface area contributed by atoms with Crippen LogP contribution in [-0.4, -0.2) is 16.8 Å². The number of para-hydroxylation sites is 1. The number of carbonyl (C=O) groups excluding carboxylic acids is 2. The fourth-order valence-electron chi connectivity index (χ4n) is 4.07. The number of aryl methyl sites for hydroxylation is 3. The summed E-state index contributed by atoms with van der Waals surface area (Å²) in [4.78, 5) is 29.8. The number of amides is 2. The number of pyridine rings is 1. The van der Waals surface area contributed by atoms with Gasteiger partial charge in [-0.05, 0) is 73.4 Å². The number of benzene rings is 3. The van der Waals surface area contributed by atoms with E-state index in [0.717, 1.165) is 33.4 Å². The molecule has 158 valence electrons. The minimum atomic E-state index is -0.187. The van der Waals surface area contributed by atoms with Crippen LogP contribution in [0.25, 0.3) is 22.2 Å². The number of hydrogen-bond donors (Lipinski definition) is 2. The lowest BCUT2D eigenvalue weighted by Gasteiger charge is -2.18. The van der Waals surface area contributed by atoms with Crippen molar-refractivity contribution in [3.8, 4) is 11.3 Å². The number of nitrogens with one attached hydrogen (secondary N) is 2. The van der Waals surface area contributed by atoms with E-state index in [4.69, 9.17) is 4.98 Å². The molecule has 0 saturated heterocycles. The lowest BCUT2D eigenvalue weighted by molar-refractivity contribution is -0.116. The van der Waals surface area contributed by atoms with Crippen molar-refractivity contribution < 1.29 is 9.59 Å². The SMILES string of the molecule is Cc1ccc(-c2cc(C(=O)Nc3ccc4c(c3)CCC(=O)N4)c3ccccc3n2)cc1C. The van der Waals surface area contributed by atoms with E-state index in [1.165, 1.54) is 11.1 Å². The molecular weight excluding hydrogens is 398 g/mol. The second kappa shape index (κ2) is 7.93. The van der Waals surface area contributed by atoms with Gasteiger partial charge in [-0.2, -0.15) is 0 Å². The molecule has 5 nitrogen and oxygen atoms in total. The highest BCUT2D eigenvalue weighted by atomic mass is 16.2. The number of anilines is 2. The zero-order chi connectivity index (χ0) is 22.2. The number of fused-ring (bicyclic) bond motifs is 2. The topological polar surface area (TPSA) is 71.1 Å². The molecule has 5 rings (SSSR count). The van der Waals surface area contributed by atoms with E-state index >= 15 is 0 Å². The van der Waals surface area contributed by atoms with Crippen molar-refractivity contribution in [1.29, 1.82) is 0 Å². The van der Waals surface area contributed by atoms with Gasteiger partial charge in [0, 0.05) is 28.7 Å². The Morgan fingerprint density at radius 3 is 2.62 bits per heavy atom. The summed E-state index contributed by atoms with van der Waals surface area (Å²) in [5, 5.41) is 6.71. The normalized spacial score (nSPS) is 12.9. The van der Waals surface area contributed by atoms with Crippen LogP contribution >= 0.6 is 0 Å². The molecule has 2 heterocycles. The van der Waals surface area contributed by atoms with Gasteiger partial charge in [0.25, 0.3) is 5.91 Å². The minimum Gasteiger partial charge on any atom is -0.326 e. The summed E-state index contributed by atoms with van der Waals surface area (Å²) >= 11 is 0. The van der Waals surface area contributed by atoms with Crippen LogP contribution in [0.5, 0.6) is 0 Å². The van der Waals surface area contributed by atoms with Crippen molar-refractivity contribution in [2.24, 2.45) is 0 Å². The van der Waals surface area contributed by atoms with E-state index in [2.05, 4.69) is 36.6 Å². The molecule has 32 heavy (non-hydrogen) atoms. The van der Waals surface area contributed by atoms with Gasteiger partial charge < -0.3 is 10.6 Å². The Hall–Kier alpha value is -3.99. The van der Waals surface area contributed by atoms with Crippen molar-refractivity contribution in [2.45, 2.75) is 26.7 Å². The first-order valence-electron chi connectivity index (χ1n) is 10.7. The van der Waals surface area contributed by atoms with Gasteiger partial charge in [0.05, 0.1) is 16.8 Å². The summed E-state index contributed by atoms with van der Waals surface area (Å²) in [5.41, 5.74) is 8.06. The average molecular weight is 422 g/mol. The Balaban J connectivity index is 1.53. The van der Waals surface area contributed by atoms with Crippen LogP contribution in [0.1, 0.15) is 33.5 Å². The Bertz CT molecular complexity index is 1390. The summed E-state index contributed by atoms with van der Waals surface area (Å²) in [7, 11) is 0. The van der Waals surface area contributed by atoms with Gasteiger partial charge in [-0.15, -0.1) is 0 Å². The number of hydrogen-bond acceptors (Lipinski definition) is 3. The standard InChI is InChI=1S/C27H23N3O2/c1-16-7-8-18(13-17(16)2)25-15-22(21-5-3-4-6-24(21)29-25)27(32)28-20-10-11-23-19(14-20)9-12-26(31)30-23/h3-8,10-11,13-15H,9,12H2,1-2H3,(H,28,32)(H,30,31). The van der Waals surface area contributed by atoms with Crippen molar-refractivity contribution >= 4 is 34.1 Å². The van der Waals surface area contributed by atoms with E-state index < -0.39 is 0 Å². The second-order valence-corrected chi connectivity index (χ2v) is 8.25. The molecule has 0 atom stereocenters. The first-order valence-corrected chi connectivity index (χ1v) is 10.7. The van der Waals surface area contributed by atoms with Gasteiger partial charge in [-0.1, -0.05) is 30.3 Å². The molecule has 0 fully saturated rings. The van der Waals surface area contributed by atoms with Gasteiger partial charge in [0.15, 0.2) is 0 Å². The third-order valence-electron chi connectivity index (χ3n) is 6.02. The molecule has 4 aromatic rings. The van der Waals surface area contributed by atoms with Crippen LogP contribution in [0.4, 0.5) is 11.4 Å². The van der Waals surface area contributed by atoms with E-state index in [0.29, 0.717) is 24.1 Å². The summed E-state index contributed by atoms with van der Waals surface area (Å²) in [5.74, 6) is -0.162. The van der Waals surface area contributed by atoms with Crippen LogP contribution in [-0.2, 0) is 11.2 Å². The van der Waals surface area contributed by atoms with E-state index in [9.17, 15) is 9.59 Å². The summed E-state index contributed by atoms with van der Waals surface area (Å²) in [6, 6.07) is 21.4. The monoisotopic (exact) mass is 421 g/mol. The summed E-state index contributed by atoms with van der Waals surface area (Å²) in [6.45, 7) is 4.15. The molecule has 3 aromatic carbocycles. The second-order valence-electron chi connectivity index (χ2n) is 8.25. The number of aromatic nitrogens is 1. The molecule has 0 bridgehead atoms. The van der Waals surface area contributed by atoms with Crippen LogP contribution in [0.2, 0.25) is 0 Å². The zero-order valence-electron chi connectivity index (χ0n) is 18.0. The highest BCUT2D eigenvalue weighted by molar-refractivity contribution is 6.13. The van der Waals surface area contributed by atoms with Crippen LogP contribution in [0.15, 0.2) is 66.7 Å². The molecule has 1 aliphatic heterocycles. The molecule has 0 spiro atoms. The fraction of sp³-hybridized carbons (Fsp3) is 0.148. The smallest absolute Gasteiger partial charge is 0.256 e. The average Bonchev–Trinajstić information content (AvgIpc) is 2.80. The Morgan fingerprint density at radius 2 is 1.78 bits per heavy atom. The molecule has 0 unspecified atom stereocenters. The summed E-state index contributed by atoms with van der Waals surface area (Å²) in [6.07, 6.45) is 1.12. The van der Waals surface area contributed by atoms with Crippen LogP contribution in [0, 0.1) is 13.8 Å². The molecule has 0 saturated carbocycles. The third-order valence-corrected chi connectivity index (χ3v) is 6.02. The van der Waals surface area contributed by atoms with Gasteiger partial charge in [-0.3, -0.25) is 9.59 Å². The van der Waals surface area contributed by atoms with Gasteiger partial charge in [0.2, 0.25) is 5.91 Å². The number of nitrogens with zero attached hydrogens (tertiary/aromatic N) is 1. The quantitative estimate of drug-likeness (QED) is 0.449. The van der Waals surface area contributed by atoms with Crippen molar-refractivity contribution in [3.05, 3.63) is 89.0 Å². The molecule has 0 aliphatic carbocycles. The highest BCUT2D eigenvalue weighted by Gasteiger charge is 2.17. The maximum absolute atomic E-state index is 13.3. The van der Waals surface area contributed by atoms with Crippen molar-refractivity contribution in [2.75, 3.05) is 10.6 Å². The lowest BCUT2D eigenvalue weighted by atomic mass is 10.00. The van der Waals surface area contributed by atoms with Crippen molar-refractivity contribution in [1.82, 2.24) is 4.98 Å². The molecule has 0 radical (unpaired) electrons. The Morgan fingerprint density at radius 1 is 0.938 bits per heavy atom. The molecular formula is C27H23N3O2. The minimum absolute atomic E-state index is 0.0245. The van der Waals surface area contributed by atoms with Gasteiger partial charge >= 0.3 is 0 Å². The summed E-state index contributed by atoms with van der Waals surface area (Å²) < 4.78 is 0. The lowest BCUT2D eigenvalue weighted by Crippen LogP contribution is -2.19. The molecule has 1 aliphatic rings. The molecule has 1 aromatic heterocycles. The van der Waals surface area contributed by atoms with Crippen LogP contribution < -0.4 is 10.6 Å². The number of rotatable bonds is 3. The molecule has 5 heteroatoms. The number of carbonyl (C=O) groups is 2. The predicted molar refractivity (Wildman–Crippen MR) is 128 cm³/mol. The molecule has 2 N–H and O–H groups in total. The zero-order valence-corrected chi connectivity index (χ0v) is 18.0. The Labute approximate surface area is 186 Å². The largest absolute Gasteiger partial charge is 0.326 e. The Kier molecular flexibility index (Phi) is 4.94. The maximum atomic E-state index is 13.3. The fourth-order valence-corrected chi connectivity index (χ4v) is 4.07. The first kappa shape index (κ1) is 19.9. The first-order chi connectivity index (χ1) is 15.5. The van der Waals surface area contributed by atoms with E-state index in [1.807, 2.05) is 54.6 Å². The van der Waals surface area contributed by atoms with Gasteiger partial charge in [-0.25, -0.2) is 4.98 Å². The molecule has 2 amide bonds. The van der Waals surface area contributed by atoms with E-state index in [1.54, 1.807) is 0 Å². The third kappa shape index (κ3) is 3.73. The highest BCUT2D eigenvalue weighted by Crippen LogP contribution is 2.29. The van der Waals surface area contributed by atoms with Crippen molar-refractivity contribution in [3.63, 3.8) is 0 Å². The van der Waals surface area contributed by atoms with Gasteiger partial charge in [0.1, 0.15) is 0 Å².